The molecule has 1 aliphatic heterocycles. The highest BCUT2D eigenvalue weighted by Crippen LogP contribution is 2.41. The first-order chi connectivity index (χ1) is 30.8. The van der Waals surface area contributed by atoms with E-state index in [1.165, 1.54) is 24.3 Å². The molecule has 12 N–H and O–H groups in total. The highest BCUT2D eigenvalue weighted by Gasteiger charge is 2.54. The van der Waals surface area contributed by atoms with Gasteiger partial charge in [-0.25, -0.2) is 19.2 Å². The van der Waals surface area contributed by atoms with Crippen LogP contribution in [0, 0.1) is 11.3 Å². The molecule has 6 rings (SSSR count). The summed E-state index contributed by atoms with van der Waals surface area (Å²) in [5.74, 6) is -18.3. The molecular weight excluding hydrogens is 870 g/mol. The van der Waals surface area contributed by atoms with Crippen LogP contribution in [0.2, 0.25) is 0 Å². The number of hydrogen-bond donors (Lipinski definition) is 12. The fourth-order valence-corrected chi connectivity index (χ4v) is 6.17. The van der Waals surface area contributed by atoms with Crippen LogP contribution in [0.5, 0.6) is 69.0 Å². The van der Waals surface area contributed by atoms with Crippen LogP contribution in [0.1, 0.15) is 53.1 Å². The van der Waals surface area contributed by atoms with Gasteiger partial charge in [0.15, 0.2) is 93.4 Å². The third-order valence-corrected chi connectivity index (χ3v) is 9.41. The van der Waals surface area contributed by atoms with E-state index < -0.39 is 159 Å². The van der Waals surface area contributed by atoms with Gasteiger partial charge in [-0.05, 0) is 54.1 Å². The summed E-state index contributed by atoms with van der Waals surface area (Å²) >= 11 is 0. The van der Waals surface area contributed by atoms with Crippen molar-refractivity contribution in [2.45, 2.75) is 36.8 Å². The summed E-state index contributed by atoms with van der Waals surface area (Å²) in [6, 6.07) is 14.4. The summed E-state index contributed by atoms with van der Waals surface area (Å²) in [6.07, 6.45) is -12.7. The lowest BCUT2D eigenvalue weighted by molar-refractivity contribution is -0.305. The third kappa shape index (κ3) is 9.73. The number of nitrogens with zero attached hydrogens (tertiary/aromatic N) is 1. The standard InChI is InChI=1S/C42H33NO22/c43-14-29(16-4-2-1-3-5-16)61-42-37(65-41(59)20-12-27(50)34(55)28(51)13-20)36(64-40(58)19-10-25(48)33(54)26(49)11-19)35(63-39(57)18-8-23(46)32(53)24(47)9-18)30(62-42)15-60-38(56)17-6-21(44)31(52)22(45)7-17/h1-13,29-30,35-37,42,44-55H,15H2/t29-,30+,35+,36-,37+,42+/m0/s1. The van der Waals surface area contributed by atoms with Crippen molar-refractivity contribution in [3.63, 3.8) is 0 Å². The topological polar surface area (TPSA) is 390 Å². The number of phenols is 12. The molecule has 0 bridgehead atoms. The van der Waals surface area contributed by atoms with E-state index in [0.29, 0.717) is 48.5 Å². The lowest BCUT2D eigenvalue weighted by Gasteiger charge is -2.44. The number of rotatable bonds is 12. The molecule has 0 spiro atoms. The predicted molar refractivity (Wildman–Crippen MR) is 208 cm³/mol. The summed E-state index contributed by atoms with van der Waals surface area (Å²) in [5.41, 5.74) is -2.57. The van der Waals surface area contributed by atoms with Gasteiger partial charge in [0, 0.05) is 0 Å². The van der Waals surface area contributed by atoms with Crippen LogP contribution in [-0.2, 0) is 28.4 Å². The van der Waals surface area contributed by atoms with Crippen molar-refractivity contribution in [2.24, 2.45) is 0 Å². The normalized spacial score (nSPS) is 18.4. The van der Waals surface area contributed by atoms with Crippen LogP contribution >= 0.6 is 0 Å². The van der Waals surface area contributed by atoms with E-state index in [0.717, 1.165) is 0 Å². The molecule has 1 saturated heterocycles. The molecule has 5 aromatic rings. The number of benzene rings is 5. The second kappa shape index (κ2) is 18.5. The van der Waals surface area contributed by atoms with E-state index in [1.807, 2.05) is 6.07 Å². The van der Waals surface area contributed by atoms with Crippen molar-refractivity contribution in [1.29, 1.82) is 5.26 Å². The van der Waals surface area contributed by atoms with Gasteiger partial charge in [0.1, 0.15) is 12.7 Å². The SMILES string of the molecule is N#C[C@H](O[C@@H]1O[C@H](COC(=O)c2cc(O)c(O)c(O)c2)[C@@H](OC(=O)c2cc(O)c(O)c(O)c2)[C@H](OC(=O)c2cc(O)c(O)c(O)c2)[C@H]1OC(=O)c1cc(O)c(O)c(O)c1)c1ccccc1. The van der Waals surface area contributed by atoms with Gasteiger partial charge in [-0.1, -0.05) is 30.3 Å². The van der Waals surface area contributed by atoms with E-state index in [1.54, 1.807) is 6.07 Å². The quantitative estimate of drug-likeness (QED) is 0.0486. The Bertz CT molecular complexity index is 2620. The summed E-state index contributed by atoms with van der Waals surface area (Å²) in [5, 5.41) is 131. The molecule has 338 valence electrons. The van der Waals surface area contributed by atoms with Crippen LogP contribution < -0.4 is 0 Å². The van der Waals surface area contributed by atoms with Crippen molar-refractivity contribution in [2.75, 3.05) is 6.61 Å². The van der Waals surface area contributed by atoms with Crippen molar-refractivity contribution >= 4 is 23.9 Å². The van der Waals surface area contributed by atoms with Crippen LogP contribution in [0.4, 0.5) is 0 Å². The van der Waals surface area contributed by atoms with E-state index in [9.17, 15) is 85.7 Å². The number of carbonyl (C=O) groups excluding carboxylic acids is 4. The summed E-state index contributed by atoms with van der Waals surface area (Å²) in [7, 11) is 0. The van der Waals surface area contributed by atoms with Gasteiger partial charge in [-0.3, -0.25) is 0 Å². The fraction of sp³-hybridized carbons (Fsp3) is 0.167. The second-order valence-electron chi connectivity index (χ2n) is 13.8. The molecule has 0 aromatic heterocycles. The fourth-order valence-electron chi connectivity index (χ4n) is 6.17. The van der Waals surface area contributed by atoms with Gasteiger partial charge in [0.25, 0.3) is 0 Å². The van der Waals surface area contributed by atoms with Crippen molar-refractivity contribution in [3.05, 3.63) is 107 Å². The van der Waals surface area contributed by atoms with Crippen molar-refractivity contribution in [1.82, 2.24) is 0 Å². The number of nitriles is 1. The monoisotopic (exact) mass is 903 g/mol. The largest absolute Gasteiger partial charge is 0.504 e. The highest BCUT2D eigenvalue weighted by molar-refractivity contribution is 5.93. The molecule has 1 fully saturated rings. The molecule has 23 nitrogen and oxygen atoms in total. The zero-order valence-electron chi connectivity index (χ0n) is 32.6. The molecule has 23 heteroatoms. The maximum Gasteiger partial charge on any atom is 0.339 e. The Hall–Kier alpha value is -9.01. The molecule has 6 atom stereocenters. The van der Waals surface area contributed by atoms with Crippen LogP contribution in [-0.4, -0.2) is 122 Å². The molecule has 0 saturated carbocycles. The minimum Gasteiger partial charge on any atom is -0.504 e. The molecule has 0 radical (unpaired) electrons. The molecule has 5 aromatic carbocycles. The molecule has 0 aliphatic carbocycles. The molecule has 0 amide bonds. The Labute approximate surface area is 362 Å². The first-order valence-electron chi connectivity index (χ1n) is 18.3. The number of carbonyl (C=O) groups is 4. The minimum absolute atomic E-state index is 0.149. The predicted octanol–water partition coefficient (Wildman–Crippen LogP) is 2.99. The Morgan fingerprint density at radius 2 is 0.846 bits per heavy atom. The number of ether oxygens (including phenoxy) is 6. The molecular formula is C42H33NO22. The zero-order chi connectivity index (χ0) is 47.4. The summed E-state index contributed by atoms with van der Waals surface area (Å²) < 4.78 is 34.5. The lowest BCUT2D eigenvalue weighted by atomic mass is 9.97. The zero-order valence-corrected chi connectivity index (χ0v) is 32.6. The van der Waals surface area contributed by atoms with Gasteiger partial charge in [-0.15, -0.1) is 0 Å². The summed E-state index contributed by atoms with van der Waals surface area (Å²) in [4.78, 5) is 55.0. The number of hydrogen-bond acceptors (Lipinski definition) is 23. The Kier molecular flexibility index (Phi) is 13.0. The van der Waals surface area contributed by atoms with Gasteiger partial charge >= 0.3 is 23.9 Å². The minimum atomic E-state index is -2.34. The Morgan fingerprint density at radius 3 is 1.22 bits per heavy atom. The van der Waals surface area contributed by atoms with Gasteiger partial charge in [-0.2, -0.15) is 5.26 Å². The first kappa shape index (κ1) is 45.5. The maximum absolute atomic E-state index is 14.0. The highest BCUT2D eigenvalue weighted by atomic mass is 16.7. The smallest absolute Gasteiger partial charge is 0.339 e. The molecule has 1 heterocycles. The average molecular weight is 904 g/mol. The molecule has 65 heavy (non-hydrogen) atoms. The van der Waals surface area contributed by atoms with E-state index in [2.05, 4.69) is 0 Å². The number of aromatic hydroxyl groups is 12. The van der Waals surface area contributed by atoms with Crippen molar-refractivity contribution < 1.29 is 109 Å². The first-order valence-corrected chi connectivity index (χ1v) is 18.3. The van der Waals surface area contributed by atoms with Crippen LogP contribution in [0.15, 0.2) is 78.9 Å². The van der Waals surface area contributed by atoms with E-state index >= 15 is 0 Å². The Morgan fingerprint density at radius 1 is 0.508 bits per heavy atom. The second-order valence-corrected chi connectivity index (χ2v) is 13.8. The van der Waals surface area contributed by atoms with Gasteiger partial charge in [0.2, 0.25) is 6.29 Å². The van der Waals surface area contributed by atoms with Gasteiger partial charge in [0.05, 0.1) is 28.3 Å². The van der Waals surface area contributed by atoms with E-state index in [-0.39, 0.29) is 5.56 Å². The molecule has 0 unspecified atom stereocenters. The maximum atomic E-state index is 14.0. The van der Waals surface area contributed by atoms with E-state index in [4.69, 9.17) is 28.4 Å². The van der Waals surface area contributed by atoms with Crippen LogP contribution in [0.25, 0.3) is 0 Å². The third-order valence-electron chi connectivity index (χ3n) is 9.41. The average Bonchev–Trinajstić information content (AvgIpc) is 3.27. The van der Waals surface area contributed by atoms with Gasteiger partial charge < -0.3 is 89.7 Å². The van der Waals surface area contributed by atoms with Crippen LogP contribution in [0.3, 0.4) is 0 Å². The van der Waals surface area contributed by atoms with Crippen molar-refractivity contribution in [3.8, 4) is 75.1 Å². The Balaban J connectivity index is 1.52. The lowest BCUT2D eigenvalue weighted by Crippen LogP contribution is -2.63. The number of esters is 4. The summed E-state index contributed by atoms with van der Waals surface area (Å²) in [6.45, 7) is -1.11. The molecule has 1 aliphatic rings. The number of phenolic OH excluding ortho intramolecular Hbond substituents is 12.